The Balaban J connectivity index is 1.86. The summed E-state index contributed by atoms with van der Waals surface area (Å²) in [5.41, 5.74) is 2.17. The lowest BCUT2D eigenvalue weighted by Gasteiger charge is -2.21. The van der Waals surface area contributed by atoms with Crippen LogP contribution >= 0.6 is 0 Å². The molecule has 1 aliphatic heterocycles. The van der Waals surface area contributed by atoms with E-state index >= 15 is 0 Å². The molecule has 2 aromatic carbocycles. The number of imidazole rings is 1. The highest BCUT2D eigenvalue weighted by molar-refractivity contribution is 5.64. The number of hydrogen-bond donors (Lipinski definition) is 1. The van der Waals surface area contributed by atoms with Gasteiger partial charge in [0, 0.05) is 24.3 Å². The third-order valence-corrected chi connectivity index (χ3v) is 4.28. The Hall–Kier alpha value is -2.59. The molecular weight excluding hydrogens is 286 g/mol. The average Bonchev–Trinajstić information content (AvgIpc) is 3.22. The van der Waals surface area contributed by atoms with E-state index in [0.717, 1.165) is 35.9 Å². The number of benzene rings is 2. The van der Waals surface area contributed by atoms with E-state index in [1.807, 2.05) is 42.6 Å². The SMILES string of the molecule is OC1CCN(c2cnc(-c3ccccc3)n2-c2ccccc2)C1. The van der Waals surface area contributed by atoms with Crippen LogP contribution in [0.15, 0.2) is 66.9 Å². The fraction of sp³-hybridized carbons (Fsp3) is 0.211. The maximum atomic E-state index is 9.87. The Bertz CT molecular complexity index is 783. The van der Waals surface area contributed by atoms with Crippen LogP contribution in [0.1, 0.15) is 6.42 Å². The predicted molar refractivity (Wildman–Crippen MR) is 91.8 cm³/mol. The molecule has 4 rings (SSSR count). The van der Waals surface area contributed by atoms with Crippen molar-refractivity contribution in [1.82, 2.24) is 9.55 Å². The van der Waals surface area contributed by atoms with Crippen molar-refractivity contribution >= 4 is 5.82 Å². The molecule has 1 atom stereocenters. The minimum atomic E-state index is -0.255. The summed E-state index contributed by atoms with van der Waals surface area (Å²) in [5, 5.41) is 9.87. The molecule has 1 aromatic heterocycles. The molecule has 0 spiro atoms. The molecule has 0 bridgehead atoms. The second-order valence-corrected chi connectivity index (χ2v) is 5.87. The number of aliphatic hydroxyl groups excluding tert-OH is 1. The van der Waals surface area contributed by atoms with Gasteiger partial charge < -0.3 is 10.0 Å². The number of nitrogens with zero attached hydrogens (tertiary/aromatic N) is 3. The summed E-state index contributed by atoms with van der Waals surface area (Å²) in [6, 6.07) is 20.5. The molecule has 1 aliphatic rings. The first-order chi connectivity index (χ1) is 11.3. The van der Waals surface area contributed by atoms with Gasteiger partial charge in [0.1, 0.15) is 11.6 Å². The highest BCUT2D eigenvalue weighted by Gasteiger charge is 2.25. The average molecular weight is 305 g/mol. The monoisotopic (exact) mass is 305 g/mol. The lowest BCUT2D eigenvalue weighted by molar-refractivity contribution is 0.198. The van der Waals surface area contributed by atoms with E-state index < -0.39 is 0 Å². The Morgan fingerprint density at radius 3 is 2.30 bits per heavy atom. The fourth-order valence-corrected chi connectivity index (χ4v) is 3.14. The van der Waals surface area contributed by atoms with Gasteiger partial charge in [0.25, 0.3) is 0 Å². The molecule has 4 nitrogen and oxygen atoms in total. The summed E-state index contributed by atoms with van der Waals surface area (Å²) in [6.07, 6.45) is 2.46. The molecule has 23 heavy (non-hydrogen) atoms. The molecule has 1 N–H and O–H groups in total. The van der Waals surface area contributed by atoms with Crippen molar-refractivity contribution in [3.05, 3.63) is 66.9 Å². The molecule has 3 aromatic rings. The number of hydrogen-bond acceptors (Lipinski definition) is 3. The van der Waals surface area contributed by atoms with E-state index in [-0.39, 0.29) is 6.10 Å². The van der Waals surface area contributed by atoms with Gasteiger partial charge in [-0.05, 0) is 18.6 Å². The van der Waals surface area contributed by atoms with Crippen molar-refractivity contribution in [1.29, 1.82) is 0 Å². The van der Waals surface area contributed by atoms with Crippen LogP contribution in [0.4, 0.5) is 5.82 Å². The Labute approximate surface area is 135 Å². The first-order valence-corrected chi connectivity index (χ1v) is 7.94. The van der Waals surface area contributed by atoms with Gasteiger partial charge in [-0.25, -0.2) is 4.98 Å². The number of aromatic nitrogens is 2. The van der Waals surface area contributed by atoms with Gasteiger partial charge in [-0.1, -0.05) is 48.5 Å². The quantitative estimate of drug-likeness (QED) is 0.808. The van der Waals surface area contributed by atoms with Gasteiger partial charge in [-0.3, -0.25) is 4.57 Å². The summed E-state index contributed by atoms with van der Waals surface area (Å²) in [6.45, 7) is 1.51. The number of anilines is 1. The van der Waals surface area contributed by atoms with Gasteiger partial charge in [-0.15, -0.1) is 0 Å². The van der Waals surface area contributed by atoms with Crippen LogP contribution in [0.2, 0.25) is 0 Å². The van der Waals surface area contributed by atoms with Crippen LogP contribution in [-0.4, -0.2) is 33.9 Å². The largest absolute Gasteiger partial charge is 0.391 e. The summed E-state index contributed by atoms with van der Waals surface area (Å²) in [5.74, 6) is 1.96. The van der Waals surface area contributed by atoms with Gasteiger partial charge >= 0.3 is 0 Å². The number of aliphatic hydroxyl groups is 1. The van der Waals surface area contributed by atoms with Crippen LogP contribution in [0.25, 0.3) is 17.1 Å². The summed E-state index contributed by atoms with van der Waals surface area (Å²) in [7, 11) is 0. The molecule has 1 fully saturated rings. The van der Waals surface area contributed by atoms with Crippen molar-refractivity contribution < 1.29 is 5.11 Å². The zero-order valence-electron chi connectivity index (χ0n) is 12.8. The molecule has 1 saturated heterocycles. The minimum absolute atomic E-state index is 0.255. The topological polar surface area (TPSA) is 41.3 Å². The van der Waals surface area contributed by atoms with Gasteiger partial charge in [-0.2, -0.15) is 0 Å². The summed E-state index contributed by atoms with van der Waals surface area (Å²) in [4.78, 5) is 6.88. The van der Waals surface area contributed by atoms with E-state index in [2.05, 4.69) is 38.7 Å². The van der Waals surface area contributed by atoms with E-state index in [1.165, 1.54) is 0 Å². The van der Waals surface area contributed by atoms with Crippen molar-refractivity contribution in [3.63, 3.8) is 0 Å². The van der Waals surface area contributed by atoms with Crippen LogP contribution in [0.5, 0.6) is 0 Å². The van der Waals surface area contributed by atoms with E-state index in [9.17, 15) is 5.11 Å². The van der Waals surface area contributed by atoms with E-state index in [1.54, 1.807) is 0 Å². The second-order valence-electron chi connectivity index (χ2n) is 5.87. The van der Waals surface area contributed by atoms with Gasteiger partial charge in [0.2, 0.25) is 0 Å². The summed E-state index contributed by atoms with van der Waals surface area (Å²) < 4.78 is 2.17. The predicted octanol–water partition coefficient (Wildman–Crippen LogP) is 3.11. The lowest BCUT2D eigenvalue weighted by Crippen LogP contribution is -2.23. The van der Waals surface area contributed by atoms with Crippen molar-refractivity contribution in [2.45, 2.75) is 12.5 Å². The van der Waals surface area contributed by atoms with Crippen LogP contribution in [-0.2, 0) is 0 Å². The van der Waals surface area contributed by atoms with E-state index in [4.69, 9.17) is 0 Å². The normalized spacial score (nSPS) is 17.6. The van der Waals surface area contributed by atoms with Crippen molar-refractivity contribution in [2.75, 3.05) is 18.0 Å². The molecule has 0 radical (unpaired) electrons. The summed E-state index contributed by atoms with van der Waals surface area (Å²) >= 11 is 0. The standard InChI is InChI=1S/C19H19N3O/c23-17-11-12-21(14-17)18-13-20-19(15-7-3-1-4-8-15)22(18)16-9-5-2-6-10-16/h1-10,13,17,23H,11-12,14H2. The van der Waals surface area contributed by atoms with Crippen LogP contribution in [0.3, 0.4) is 0 Å². The van der Waals surface area contributed by atoms with E-state index in [0.29, 0.717) is 6.54 Å². The Morgan fingerprint density at radius 2 is 1.65 bits per heavy atom. The molecule has 116 valence electrons. The molecule has 1 unspecified atom stereocenters. The number of para-hydroxylation sites is 1. The second kappa shape index (κ2) is 5.89. The molecular formula is C19H19N3O. The smallest absolute Gasteiger partial charge is 0.146 e. The molecule has 0 amide bonds. The van der Waals surface area contributed by atoms with Gasteiger partial charge in [0.15, 0.2) is 0 Å². The minimum Gasteiger partial charge on any atom is -0.391 e. The lowest BCUT2D eigenvalue weighted by atomic mass is 10.2. The Kier molecular flexibility index (Phi) is 3.60. The highest BCUT2D eigenvalue weighted by atomic mass is 16.3. The number of β-amino-alcohol motifs (C(OH)–C–C–N with tert-alkyl or cyclic N) is 1. The maximum Gasteiger partial charge on any atom is 0.146 e. The van der Waals surface area contributed by atoms with Gasteiger partial charge in [0.05, 0.1) is 12.3 Å². The first-order valence-electron chi connectivity index (χ1n) is 7.94. The molecule has 0 aliphatic carbocycles. The maximum absolute atomic E-state index is 9.87. The Morgan fingerprint density at radius 1 is 0.957 bits per heavy atom. The number of rotatable bonds is 3. The highest BCUT2D eigenvalue weighted by Crippen LogP contribution is 2.30. The van der Waals surface area contributed by atoms with Crippen molar-refractivity contribution in [2.24, 2.45) is 0 Å². The zero-order chi connectivity index (χ0) is 15.6. The molecule has 2 heterocycles. The third-order valence-electron chi connectivity index (χ3n) is 4.28. The van der Waals surface area contributed by atoms with Crippen LogP contribution < -0.4 is 4.90 Å². The molecule has 4 heteroatoms. The first kappa shape index (κ1) is 14.0. The third kappa shape index (κ3) is 2.62. The van der Waals surface area contributed by atoms with Crippen LogP contribution in [0, 0.1) is 0 Å². The van der Waals surface area contributed by atoms with Crippen molar-refractivity contribution in [3.8, 4) is 17.1 Å². The fourth-order valence-electron chi connectivity index (χ4n) is 3.14. The molecule has 0 saturated carbocycles. The zero-order valence-corrected chi connectivity index (χ0v) is 12.8.